The van der Waals surface area contributed by atoms with Gasteiger partial charge in [0.2, 0.25) is 0 Å². The van der Waals surface area contributed by atoms with Gasteiger partial charge in [0.25, 0.3) is 5.91 Å². The molecule has 3 rings (SSSR count). The van der Waals surface area contributed by atoms with E-state index < -0.39 is 23.2 Å². The number of anilines is 1. The summed E-state index contributed by atoms with van der Waals surface area (Å²) in [5.74, 6) is -0.812. The number of hydrogen-bond acceptors (Lipinski definition) is 4. The molecule has 1 aliphatic carbocycles. The first-order valence-corrected chi connectivity index (χ1v) is 7.88. The highest BCUT2D eigenvalue weighted by atomic mass is 32.1. The number of fused-ring (bicyclic) bond motifs is 1. The number of carbonyl (C=O) groups excluding carboxylic acids is 1. The minimum absolute atomic E-state index is 0.0671. The Bertz CT molecular complexity index is 742. The van der Waals surface area contributed by atoms with Crippen molar-refractivity contribution in [3.63, 3.8) is 0 Å². The van der Waals surface area contributed by atoms with Crippen LogP contribution in [-0.4, -0.2) is 16.9 Å². The minimum Gasteiger partial charge on any atom is -0.327 e. The molecule has 2 aromatic rings. The third-order valence-corrected chi connectivity index (χ3v) is 4.71. The summed E-state index contributed by atoms with van der Waals surface area (Å²) >= 11 is 1.27. The number of benzene rings is 1. The Kier molecular flexibility index (Phi) is 4.11. The number of nitrogens with one attached hydrogen (secondary N) is 1. The van der Waals surface area contributed by atoms with Crippen LogP contribution in [0.25, 0.3) is 0 Å². The zero-order valence-corrected chi connectivity index (χ0v) is 12.8. The van der Waals surface area contributed by atoms with Gasteiger partial charge in [0.15, 0.2) is 5.13 Å². The fraction of sp³-hybridized carbons (Fsp3) is 0.333. The molecule has 1 aromatic heterocycles. The Labute approximate surface area is 134 Å². The number of thiazole rings is 1. The molecule has 0 unspecified atom stereocenters. The van der Waals surface area contributed by atoms with E-state index >= 15 is 0 Å². The molecule has 0 aliphatic heterocycles. The van der Waals surface area contributed by atoms with Crippen molar-refractivity contribution < 1.29 is 18.0 Å². The number of nitrogens with two attached hydrogens (primary N) is 1. The van der Waals surface area contributed by atoms with Gasteiger partial charge in [-0.2, -0.15) is 13.2 Å². The lowest BCUT2D eigenvalue weighted by atomic mass is 9.99. The Morgan fingerprint density at radius 1 is 1.35 bits per heavy atom. The van der Waals surface area contributed by atoms with Gasteiger partial charge >= 0.3 is 6.18 Å². The molecule has 8 heteroatoms. The van der Waals surface area contributed by atoms with Crippen LogP contribution in [0.1, 0.15) is 32.9 Å². The maximum atomic E-state index is 13.0. The molecule has 0 saturated heterocycles. The van der Waals surface area contributed by atoms with E-state index in [9.17, 15) is 18.0 Å². The van der Waals surface area contributed by atoms with Crippen LogP contribution in [0.3, 0.4) is 0 Å². The summed E-state index contributed by atoms with van der Waals surface area (Å²) in [5, 5.41) is 2.78. The summed E-state index contributed by atoms with van der Waals surface area (Å²) in [4.78, 5) is 17.5. The van der Waals surface area contributed by atoms with E-state index in [0.29, 0.717) is 11.6 Å². The van der Waals surface area contributed by atoms with Crippen LogP contribution in [0.5, 0.6) is 0 Å². The van der Waals surface area contributed by atoms with Crippen molar-refractivity contribution in [3.05, 3.63) is 46.0 Å². The molecule has 1 atom stereocenters. The van der Waals surface area contributed by atoms with Gasteiger partial charge in [0.1, 0.15) is 0 Å². The molecule has 0 radical (unpaired) electrons. The van der Waals surface area contributed by atoms with E-state index in [0.717, 1.165) is 35.5 Å². The Hall–Kier alpha value is -1.93. The molecule has 1 amide bonds. The van der Waals surface area contributed by atoms with E-state index in [1.807, 2.05) is 0 Å². The lowest BCUT2D eigenvalue weighted by Crippen LogP contribution is -2.27. The molecule has 0 saturated carbocycles. The van der Waals surface area contributed by atoms with E-state index in [4.69, 9.17) is 5.73 Å². The maximum absolute atomic E-state index is 13.0. The number of aryl methyl sites for hydroxylation is 1. The molecule has 122 valence electrons. The second-order valence-electron chi connectivity index (χ2n) is 5.39. The summed E-state index contributed by atoms with van der Waals surface area (Å²) in [6.07, 6.45) is -2.35. The summed E-state index contributed by atoms with van der Waals surface area (Å²) in [6.45, 7) is 0. The zero-order chi connectivity index (χ0) is 16.6. The first kappa shape index (κ1) is 15.9. The van der Waals surface area contributed by atoms with Crippen molar-refractivity contribution >= 4 is 22.4 Å². The lowest BCUT2D eigenvalue weighted by Gasteiger charge is -2.15. The van der Waals surface area contributed by atoms with Crippen molar-refractivity contribution in [2.45, 2.75) is 31.5 Å². The van der Waals surface area contributed by atoms with Gasteiger partial charge in [0.05, 0.1) is 16.8 Å². The van der Waals surface area contributed by atoms with Crippen molar-refractivity contribution in [3.8, 4) is 0 Å². The van der Waals surface area contributed by atoms with E-state index in [2.05, 4.69) is 10.3 Å². The molecule has 23 heavy (non-hydrogen) atoms. The highest BCUT2D eigenvalue weighted by Gasteiger charge is 2.35. The van der Waals surface area contributed by atoms with Crippen molar-refractivity contribution in [1.29, 1.82) is 0 Å². The van der Waals surface area contributed by atoms with Gasteiger partial charge in [-0.1, -0.05) is 12.1 Å². The zero-order valence-electron chi connectivity index (χ0n) is 12.0. The molecular formula is C15H14F3N3OS. The van der Waals surface area contributed by atoms with Gasteiger partial charge in [-0.15, -0.1) is 11.3 Å². The Morgan fingerprint density at radius 2 is 2.09 bits per heavy atom. The molecule has 1 aliphatic rings. The van der Waals surface area contributed by atoms with Crippen LogP contribution in [0.2, 0.25) is 0 Å². The van der Waals surface area contributed by atoms with Gasteiger partial charge < -0.3 is 5.73 Å². The number of nitrogens with zero attached hydrogens (tertiary/aromatic N) is 1. The first-order valence-electron chi connectivity index (χ1n) is 7.06. The smallest absolute Gasteiger partial charge is 0.327 e. The SMILES string of the molecule is N[C@H]1CCc2nc(NC(=O)c3ccccc3C(F)(F)F)sc2C1. The van der Waals surface area contributed by atoms with Gasteiger partial charge in [-0.3, -0.25) is 10.1 Å². The minimum atomic E-state index is -4.58. The van der Waals surface area contributed by atoms with E-state index in [1.54, 1.807) is 0 Å². The van der Waals surface area contributed by atoms with E-state index in [1.165, 1.54) is 23.5 Å². The number of carbonyl (C=O) groups is 1. The number of alkyl halides is 3. The second-order valence-corrected chi connectivity index (χ2v) is 6.47. The largest absolute Gasteiger partial charge is 0.417 e. The van der Waals surface area contributed by atoms with Crippen LogP contribution in [-0.2, 0) is 19.0 Å². The predicted octanol–water partition coefficient (Wildman–Crippen LogP) is 3.23. The van der Waals surface area contributed by atoms with Gasteiger partial charge in [-0.05, 0) is 31.4 Å². The number of aromatic nitrogens is 1. The quantitative estimate of drug-likeness (QED) is 0.881. The van der Waals surface area contributed by atoms with Crippen molar-refractivity contribution in [1.82, 2.24) is 4.98 Å². The van der Waals surface area contributed by atoms with Crippen LogP contribution in [0.4, 0.5) is 18.3 Å². The highest BCUT2D eigenvalue weighted by molar-refractivity contribution is 7.15. The molecule has 0 bridgehead atoms. The van der Waals surface area contributed by atoms with Gasteiger partial charge in [0, 0.05) is 10.9 Å². The van der Waals surface area contributed by atoms with Crippen LogP contribution in [0, 0.1) is 0 Å². The predicted molar refractivity (Wildman–Crippen MR) is 81.5 cm³/mol. The summed E-state index contributed by atoms with van der Waals surface area (Å²) < 4.78 is 38.9. The summed E-state index contributed by atoms with van der Waals surface area (Å²) in [6, 6.07) is 4.76. The van der Waals surface area contributed by atoms with Crippen molar-refractivity contribution in [2.24, 2.45) is 5.73 Å². The number of rotatable bonds is 2. The molecule has 3 N–H and O–H groups in total. The third-order valence-electron chi connectivity index (χ3n) is 3.68. The molecule has 0 fully saturated rings. The van der Waals surface area contributed by atoms with Crippen LogP contribution in [0.15, 0.2) is 24.3 Å². The van der Waals surface area contributed by atoms with Crippen LogP contribution < -0.4 is 11.1 Å². The lowest BCUT2D eigenvalue weighted by molar-refractivity contribution is -0.137. The summed E-state index contributed by atoms with van der Waals surface area (Å²) in [7, 11) is 0. The number of amides is 1. The standard InChI is InChI=1S/C15H14F3N3OS/c16-15(17,18)10-4-2-1-3-9(10)13(22)21-14-20-11-6-5-8(19)7-12(11)23-14/h1-4,8H,5-7,19H2,(H,20,21,22)/t8-/m0/s1. The molecule has 4 nitrogen and oxygen atoms in total. The Balaban J connectivity index is 1.83. The maximum Gasteiger partial charge on any atom is 0.417 e. The normalized spacial score (nSPS) is 17.7. The monoisotopic (exact) mass is 341 g/mol. The van der Waals surface area contributed by atoms with E-state index in [-0.39, 0.29) is 6.04 Å². The fourth-order valence-electron chi connectivity index (χ4n) is 2.55. The van der Waals surface area contributed by atoms with Gasteiger partial charge in [-0.25, -0.2) is 4.98 Å². The third kappa shape index (κ3) is 3.37. The van der Waals surface area contributed by atoms with Crippen LogP contribution >= 0.6 is 11.3 Å². The van der Waals surface area contributed by atoms with Crippen molar-refractivity contribution in [2.75, 3.05) is 5.32 Å². The second kappa shape index (κ2) is 5.93. The molecular weight excluding hydrogens is 327 g/mol. The number of halogens is 3. The highest BCUT2D eigenvalue weighted by Crippen LogP contribution is 2.33. The molecule has 1 heterocycles. The topological polar surface area (TPSA) is 68.0 Å². The Morgan fingerprint density at radius 3 is 2.83 bits per heavy atom. The fourth-order valence-corrected chi connectivity index (χ4v) is 3.64. The molecule has 1 aromatic carbocycles. The number of hydrogen-bond donors (Lipinski definition) is 2. The average Bonchev–Trinajstić information content (AvgIpc) is 2.87. The molecule has 0 spiro atoms. The summed E-state index contributed by atoms with van der Waals surface area (Å²) in [5.41, 5.74) is 5.39. The average molecular weight is 341 g/mol. The first-order chi connectivity index (χ1) is 10.8.